The van der Waals surface area contributed by atoms with Gasteiger partial charge in [0.15, 0.2) is 0 Å². The summed E-state index contributed by atoms with van der Waals surface area (Å²) in [5, 5.41) is 14.1. The predicted octanol–water partition coefficient (Wildman–Crippen LogP) is 2.49. The normalized spacial score (nSPS) is 28.8. The summed E-state index contributed by atoms with van der Waals surface area (Å²) in [6.45, 7) is 0.615. The van der Waals surface area contributed by atoms with Crippen molar-refractivity contribution in [3.8, 4) is 11.3 Å². The van der Waals surface area contributed by atoms with Crippen molar-refractivity contribution in [1.29, 1.82) is 0 Å². The maximum Gasteiger partial charge on any atom is 0.259 e. The van der Waals surface area contributed by atoms with Crippen LogP contribution < -0.4 is 0 Å². The highest BCUT2D eigenvalue weighted by Gasteiger charge is 2.52. The van der Waals surface area contributed by atoms with Crippen LogP contribution in [0, 0.1) is 0 Å². The number of hydrogen-bond donors (Lipinski definition) is 1. The lowest BCUT2D eigenvalue weighted by Crippen LogP contribution is -2.52. The van der Waals surface area contributed by atoms with E-state index in [2.05, 4.69) is 5.16 Å². The van der Waals surface area contributed by atoms with Crippen LogP contribution in [0.4, 0.5) is 0 Å². The predicted molar refractivity (Wildman–Crippen MR) is 91.0 cm³/mol. The van der Waals surface area contributed by atoms with Crippen LogP contribution in [0.3, 0.4) is 0 Å². The molecule has 0 bridgehead atoms. The molecular weight excluding hydrogens is 320 g/mol. The molecule has 4 rings (SSSR count). The van der Waals surface area contributed by atoms with Gasteiger partial charge in [0.1, 0.15) is 17.5 Å². The van der Waals surface area contributed by atoms with Gasteiger partial charge < -0.3 is 19.3 Å². The van der Waals surface area contributed by atoms with E-state index in [0.29, 0.717) is 24.2 Å². The van der Waals surface area contributed by atoms with Crippen LogP contribution >= 0.6 is 0 Å². The summed E-state index contributed by atoms with van der Waals surface area (Å²) in [6, 6.07) is 9.42. The number of methoxy groups -OCH3 is 1. The molecule has 1 aliphatic carbocycles. The van der Waals surface area contributed by atoms with Gasteiger partial charge >= 0.3 is 0 Å². The Morgan fingerprint density at radius 2 is 2.16 bits per heavy atom. The van der Waals surface area contributed by atoms with Crippen molar-refractivity contribution >= 4 is 5.91 Å². The van der Waals surface area contributed by atoms with Crippen molar-refractivity contribution in [3.63, 3.8) is 0 Å². The van der Waals surface area contributed by atoms with E-state index >= 15 is 0 Å². The average Bonchev–Trinajstić information content (AvgIpc) is 3.27. The molecule has 2 aliphatic rings. The first-order chi connectivity index (χ1) is 12.1. The minimum Gasteiger partial charge on any atom is -0.393 e. The molecule has 132 valence electrons. The third-order valence-corrected chi connectivity index (χ3v) is 5.67. The monoisotopic (exact) mass is 342 g/mol. The lowest BCUT2D eigenvalue weighted by molar-refractivity contribution is -0.0824. The zero-order chi connectivity index (χ0) is 17.4. The summed E-state index contributed by atoms with van der Waals surface area (Å²) in [6.07, 6.45) is 3.85. The number of carbonyl (C=O) groups is 1. The van der Waals surface area contributed by atoms with E-state index in [9.17, 15) is 9.90 Å². The fraction of sp³-hybridized carbons (Fsp3) is 0.474. The van der Waals surface area contributed by atoms with Gasteiger partial charge in [-0.15, -0.1) is 0 Å². The Morgan fingerprint density at radius 1 is 1.36 bits per heavy atom. The van der Waals surface area contributed by atoms with Crippen molar-refractivity contribution in [2.45, 2.75) is 43.4 Å². The number of ether oxygens (including phenoxy) is 1. The summed E-state index contributed by atoms with van der Waals surface area (Å²) < 4.78 is 10.9. The number of aromatic nitrogens is 1. The average molecular weight is 342 g/mol. The van der Waals surface area contributed by atoms with Crippen LogP contribution in [-0.2, 0) is 4.74 Å². The smallest absolute Gasteiger partial charge is 0.259 e. The van der Waals surface area contributed by atoms with Gasteiger partial charge in [-0.3, -0.25) is 4.79 Å². The summed E-state index contributed by atoms with van der Waals surface area (Å²) in [4.78, 5) is 15.0. The molecule has 6 nitrogen and oxygen atoms in total. The van der Waals surface area contributed by atoms with Crippen molar-refractivity contribution < 1.29 is 19.2 Å². The number of nitrogens with zero attached hydrogens (tertiary/aromatic N) is 2. The van der Waals surface area contributed by atoms with E-state index in [1.807, 2.05) is 35.2 Å². The number of carbonyl (C=O) groups excluding carboxylic acids is 1. The number of benzene rings is 1. The van der Waals surface area contributed by atoms with Crippen molar-refractivity contribution in [2.75, 3.05) is 13.7 Å². The first-order valence-electron chi connectivity index (χ1n) is 8.68. The maximum absolute atomic E-state index is 13.2. The summed E-state index contributed by atoms with van der Waals surface area (Å²) in [7, 11) is 1.70. The number of fused-ring (bicyclic) bond motifs is 1. The fourth-order valence-corrected chi connectivity index (χ4v) is 4.27. The van der Waals surface area contributed by atoms with Crippen LogP contribution in [0.2, 0.25) is 0 Å². The van der Waals surface area contributed by atoms with Gasteiger partial charge in [-0.25, -0.2) is 0 Å². The molecule has 0 unspecified atom stereocenters. The molecule has 3 atom stereocenters. The molecule has 0 radical (unpaired) electrons. The van der Waals surface area contributed by atoms with Crippen LogP contribution in [0.15, 0.2) is 41.1 Å². The molecular formula is C19H22N2O4. The molecule has 1 saturated heterocycles. The number of amides is 1. The fourth-order valence-electron chi connectivity index (χ4n) is 4.27. The van der Waals surface area contributed by atoms with Crippen molar-refractivity contribution in [1.82, 2.24) is 10.1 Å². The maximum atomic E-state index is 13.2. The number of hydrogen-bond acceptors (Lipinski definition) is 5. The van der Waals surface area contributed by atoms with Gasteiger partial charge in [-0.1, -0.05) is 35.5 Å². The van der Waals surface area contributed by atoms with Crippen LogP contribution in [0.5, 0.6) is 0 Å². The van der Waals surface area contributed by atoms with Gasteiger partial charge in [0.2, 0.25) is 0 Å². The van der Waals surface area contributed by atoms with Gasteiger partial charge in [-0.05, 0) is 25.7 Å². The van der Waals surface area contributed by atoms with Gasteiger partial charge in [0.05, 0.1) is 17.7 Å². The molecule has 1 saturated carbocycles. The number of aliphatic hydroxyl groups excluding tert-OH is 1. The minimum atomic E-state index is -0.391. The molecule has 6 heteroatoms. The quantitative estimate of drug-likeness (QED) is 0.927. The first-order valence-corrected chi connectivity index (χ1v) is 8.68. The molecule has 0 spiro atoms. The Morgan fingerprint density at radius 3 is 2.92 bits per heavy atom. The van der Waals surface area contributed by atoms with E-state index in [1.54, 1.807) is 7.11 Å². The molecule has 1 amide bonds. The number of likely N-dealkylation sites (tertiary alicyclic amines) is 1. The zero-order valence-corrected chi connectivity index (χ0v) is 14.2. The minimum absolute atomic E-state index is 0.113. The Hall–Kier alpha value is -2.18. The van der Waals surface area contributed by atoms with E-state index < -0.39 is 6.10 Å². The van der Waals surface area contributed by atoms with Gasteiger partial charge in [-0.2, -0.15) is 0 Å². The molecule has 25 heavy (non-hydrogen) atoms. The van der Waals surface area contributed by atoms with Crippen LogP contribution in [-0.4, -0.2) is 52.5 Å². The summed E-state index contributed by atoms with van der Waals surface area (Å²) in [5.74, 6) is -0.113. The van der Waals surface area contributed by atoms with Crippen LogP contribution in [0.25, 0.3) is 11.3 Å². The van der Waals surface area contributed by atoms with Crippen LogP contribution in [0.1, 0.15) is 36.0 Å². The highest BCUT2D eigenvalue weighted by atomic mass is 16.5. The van der Waals surface area contributed by atoms with Crippen molar-refractivity contribution in [2.24, 2.45) is 0 Å². The second-order valence-electron chi connectivity index (χ2n) is 6.90. The summed E-state index contributed by atoms with van der Waals surface area (Å²) in [5.41, 5.74) is 1.51. The second kappa shape index (κ2) is 6.28. The van der Waals surface area contributed by atoms with E-state index in [0.717, 1.165) is 24.8 Å². The molecule has 2 aromatic rings. The Kier molecular flexibility index (Phi) is 4.09. The first kappa shape index (κ1) is 16.3. The second-order valence-corrected chi connectivity index (χ2v) is 6.90. The molecule has 1 aliphatic heterocycles. The van der Waals surface area contributed by atoms with Crippen molar-refractivity contribution in [3.05, 3.63) is 42.2 Å². The van der Waals surface area contributed by atoms with Gasteiger partial charge in [0, 0.05) is 19.2 Å². The highest BCUT2D eigenvalue weighted by Crippen LogP contribution is 2.43. The standard InChI is InChI=1S/C19H22N2O4/c1-24-19-8-7-14(22)11-16(19)21(10-9-19)18(23)15-12-25-20-17(15)13-5-3-2-4-6-13/h2-6,12,14,16,22H,7-11H2,1H3/t14-,16+,19-/m0/s1. The van der Waals surface area contributed by atoms with E-state index in [-0.39, 0.29) is 17.6 Å². The molecule has 1 aromatic carbocycles. The Balaban J connectivity index is 1.65. The van der Waals surface area contributed by atoms with Gasteiger partial charge in [0.25, 0.3) is 5.91 Å². The number of aliphatic hydroxyl groups is 1. The molecule has 2 heterocycles. The van der Waals surface area contributed by atoms with E-state index in [1.165, 1.54) is 6.26 Å². The Labute approximate surface area is 146 Å². The molecule has 1 aromatic heterocycles. The summed E-state index contributed by atoms with van der Waals surface area (Å²) >= 11 is 0. The van der Waals surface area contributed by atoms with E-state index in [4.69, 9.17) is 9.26 Å². The lowest BCUT2D eigenvalue weighted by atomic mass is 9.79. The third-order valence-electron chi connectivity index (χ3n) is 5.67. The largest absolute Gasteiger partial charge is 0.393 e. The topological polar surface area (TPSA) is 75.8 Å². The lowest BCUT2D eigenvalue weighted by Gasteiger charge is -2.42. The third kappa shape index (κ3) is 2.65. The molecule has 1 N–H and O–H groups in total. The molecule has 2 fully saturated rings. The Bertz CT molecular complexity index is 760. The SMILES string of the molecule is CO[C@]12CC[C@H](O)C[C@H]1N(C(=O)c1conc1-c1ccccc1)CC2. The number of rotatable bonds is 3. The highest BCUT2D eigenvalue weighted by molar-refractivity contribution is 6.00. The zero-order valence-electron chi connectivity index (χ0n) is 14.2.